The number of rotatable bonds is 4. The van der Waals surface area contributed by atoms with Gasteiger partial charge in [0.05, 0.1) is 18.4 Å². The van der Waals surface area contributed by atoms with Gasteiger partial charge in [0.15, 0.2) is 5.82 Å². The molecule has 0 spiro atoms. The maximum atomic E-state index is 14.1. The number of ether oxygens (including phenoxy) is 1. The molecule has 1 saturated heterocycles. The highest BCUT2D eigenvalue weighted by Crippen LogP contribution is 2.45. The lowest BCUT2D eigenvalue weighted by Gasteiger charge is -2.26. The zero-order valence-corrected chi connectivity index (χ0v) is 17.6. The van der Waals surface area contributed by atoms with Gasteiger partial charge in [0.2, 0.25) is 0 Å². The standard InChI is InChI=1S/C21H26FN5O3/c1-21(2,3)30-20(29)27-10-13-14(11-27)19(13)24-9-17-25-16(7-18(28)26(17)4)12-5-6-23-8-15(12)22/h5-8,13-14,19,24H,9-11H2,1-4H3. The van der Waals surface area contributed by atoms with Gasteiger partial charge in [0, 0.05) is 44.0 Å². The van der Waals surface area contributed by atoms with E-state index in [-0.39, 0.29) is 23.3 Å². The molecule has 160 valence electrons. The number of likely N-dealkylation sites (tertiary alicyclic amines) is 1. The van der Waals surface area contributed by atoms with E-state index >= 15 is 0 Å². The molecule has 1 N–H and O–H groups in total. The summed E-state index contributed by atoms with van der Waals surface area (Å²) in [6.07, 6.45) is 2.30. The van der Waals surface area contributed by atoms with E-state index in [9.17, 15) is 14.0 Å². The topological polar surface area (TPSA) is 89.3 Å². The summed E-state index contributed by atoms with van der Waals surface area (Å²) in [5.41, 5.74) is -0.209. The van der Waals surface area contributed by atoms with Crippen LogP contribution < -0.4 is 10.9 Å². The SMILES string of the molecule is Cn1c(CNC2C3CN(C(=O)OC(C)(C)C)CC32)nc(-c2ccncc2F)cc1=O. The molecule has 9 heteroatoms. The molecule has 2 atom stereocenters. The van der Waals surface area contributed by atoms with Gasteiger partial charge in [-0.2, -0.15) is 0 Å². The minimum Gasteiger partial charge on any atom is -0.444 e. The largest absolute Gasteiger partial charge is 0.444 e. The molecule has 1 aliphatic carbocycles. The Labute approximate surface area is 174 Å². The van der Waals surface area contributed by atoms with Crippen molar-refractivity contribution in [3.05, 3.63) is 46.5 Å². The number of piperidine rings is 1. The fraction of sp³-hybridized carbons (Fsp3) is 0.524. The van der Waals surface area contributed by atoms with E-state index in [4.69, 9.17) is 4.74 Å². The number of carbonyl (C=O) groups excluding carboxylic acids is 1. The fourth-order valence-electron chi connectivity index (χ4n) is 3.98. The van der Waals surface area contributed by atoms with Crippen LogP contribution in [0.25, 0.3) is 11.3 Å². The summed E-state index contributed by atoms with van der Waals surface area (Å²) in [6, 6.07) is 3.10. The fourth-order valence-corrected chi connectivity index (χ4v) is 3.98. The zero-order chi connectivity index (χ0) is 21.6. The monoisotopic (exact) mass is 415 g/mol. The van der Waals surface area contributed by atoms with Crippen LogP contribution in [0.3, 0.4) is 0 Å². The van der Waals surface area contributed by atoms with Crippen LogP contribution in [0.2, 0.25) is 0 Å². The van der Waals surface area contributed by atoms with Gasteiger partial charge in [0.1, 0.15) is 11.4 Å². The Morgan fingerprint density at radius 1 is 1.33 bits per heavy atom. The first kappa shape index (κ1) is 20.5. The van der Waals surface area contributed by atoms with Crippen LogP contribution >= 0.6 is 0 Å². The number of halogens is 1. The van der Waals surface area contributed by atoms with Gasteiger partial charge >= 0.3 is 6.09 Å². The van der Waals surface area contributed by atoms with Gasteiger partial charge < -0.3 is 15.0 Å². The van der Waals surface area contributed by atoms with Crippen LogP contribution in [0.15, 0.2) is 29.3 Å². The van der Waals surface area contributed by atoms with E-state index in [1.165, 1.54) is 22.9 Å². The summed E-state index contributed by atoms with van der Waals surface area (Å²) in [5.74, 6) is 0.754. The molecule has 0 radical (unpaired) electrons. The number of fused-ring (bicyclic) bond motifs is 1. The van der Waals surface area contributed by atoms with Gasteiger partial charge in [-0.15, -0.1) is 0 Å². The molecule has 3 heterocycles. The summed E-state index contributed by atoms with van der Waals surface area (Å²) >= 11 is 0. The third-order valence-electron chi connectivity index (χ3n) is 5.62. The number of hydrogen-bond donors (Lipinski definition) is 1. The number of pyridine rings is 1. The third-order valence-corrected chi connectivity index (χ3v) is 5.62. The molecule has 8 nitrogen and oxygen atoms in total. The Kier molecular flexibility index (Phi) is 5.09. The highest BCUT2D eigenvalue weighted by Gasteiger charge is 2.57. The second-order valence-electron chi connectivity index (χ2n) is 8.93. The summed E-state index contributed by atoms with van der Waals surface area (Å²) in [5, 5.41) is 3.44. The van der Waals surface area contributed by atoms with Crippen molar-refractivity contribution in [3.8, 4) is 11.3 Å². The molecule has 0 aromatic carbocycles. The number of hydrogen-bond acceptors (Lipinski definition) is 6. The third kappa shape index (κ3) is 4.07. The zero-order valence-electron chi connectivity index (χ0n) is 17.6. The molecule has 30 heavy (non-hydrogen) atoms. The smallest absolute Gasteiger partial charge is 0.410 e. The van der Waals surface area contributed by atoms with Crippen LogP contribution in [0.5, 0.6) is 0 Å². The second-order valence-corrected chi connectivity index (χ2v) is 8.93. The molecule has 1 saturated carbocycles. The van der Waals surface area contributed by atoms with E-state index in [0.29, 0.717) is 43.0 Å². The maximum Gasteiger partial charge on any atom is 0.410 e. The molecule has 2 aromatic rings. The molecule has 2 aliphatic rings. The van der Waals surface area contributed by atoms with Crippen LogP contribution in [-0.4, -0.2) is 50.3 Å². The minimum absolute atomic E-state index is 0.250. The normalized spacial score (nSPS) is 22.7. The molecule has 2 fully saturated rings. The molecular formula is C21H26FN5O3. The first-order valence-electron chi connectivity index (χ1n) is 10.0. The Bertz CT molecular complexity index is 1020. The number of nitrogens with one attached hydrogen (secondary N) is 1. The molecule has 2 aromatic heterocycles. The summed E-state index contributed by atoms with van der Waals surface area (Å²) in [6.45, 7) is 7.27. The molecule has 2 unspecified atom stereocenters. The van der Waals surface area contributed by atoms with Crippen LogP contribution in [-0.2, 0) is 18.3 Å². The van der Waals surface area contributed by atoms with Gasteiger partial charge in [0.25, 0.3) is 5.56 Å². The van der Waals surface area contributed by atoms with Crippen molar-refractivity contribution in [2.24, 2.45) is 18.9 Å². The number of carbonyl (C=O) groups is 1. The van der Waals surface area contributed by atoms with Crippen molar-refractivity contribution in [1.29, 1.82) is 0 Å². The summed E-state index contributed by atoms with van der Waals surface area (Å²) in [4.78, 5) is 34.5. The van der Waals surface area contributed by atoms with E-state index in [1.54, 1.807) is 11.9 Å². The predicted molar refractivity (Wildman–Crippen MR) is 108 cm³/mol. The molecular weight excluding hydrogens is 389 g/mol. The lowest BCUT2D eigenvalue weighted by Crippen LogP contribution is -2.39. The van der Waals surface area contributed by atoms with Crippen molar-refractivity contribution in [1.82, 2.24) is 24.8 Å². The number of aromatic nitrogens is 3. The first-order chi connectivity index (χ1) is 14.1. The van der Waals surface area contributed by atoms with Crippen LogP contribution in [0, 0.1) is 17.7 Å². The highest BCUT2D eigenvalue weighted by atomic mass is 19.1. The van der Waals surface area contributed by atoms with Gasteiger partial charge in [-0.05, 0) is 38.7 Å². The van der Waals surface area contributed by atoms with E-state index in [1.807, 2.05) is 20.8 Å². The Hall–Kier alpha value is -2.81. The van der Waals surface area contributed by atoms with Crippen molar-refractivity contribution in [2.45, 2.75) is 39.0 Å². The molecule has 1 aliphatic heterocycles. The van der Waals surface area contributed by atoms with Gasteiger partial charge in [-0.25, -0.2) is 14.2 Å². The molecule has 4 rings (SSSR count). The van der Waals surface area contributed by atoms with Crippen LogP contribution in [0.1, 0.15) is 26.6 Å². The Morgan fingerprint density at radius 2 is 2.03 bits per heavy atom. The van der Waals surface area contributed by atoms with Crippen LogP contribution in [0.4, 0.5) is 9.18 Å². The number of nitrogens with zero attached hydrogens (tertiary/aromatic N) is 4. The van der Waals surface area contributed by atoms with Crippen molar-refractivity contribution in [3.63, 3.8) is 0 Å². The van der Waals surface area contributed by atoms with Crippen molar-refractivity contribution < 1.29 is 13.9 Å². The van der Waals surface area contributed by atoms with E-state index in [0.717, 1.165) is 6.20 Å². The Morgan fingerprint density at radius 3 is 2.67 bits per heavy atom. The minimum atomic E-state index is -0.517. The lowest BCUT2D eigenvalue weighted by atomic mass is 10.2. The van der Waals surface area contributed by atoms with Gasteiger partial charge in [-0.3, -0.25) is 14.3 Å². The first-order valence-corrected chi connectivity index (χ1v) is 10.0. The average molecular weight is 415 g/mol. The van der Waals surface area contributed by atoms with E-state index in [2.05, 4.69) is 15.3 Å². The molecule has 1 amide bonds. The van der Waals surface area contributed by atoms with E-state index < -0.39 is 11.4 Å². The average Bonchev–Trinajstić information content (AvgIpc) is 3.11. The molecule has 0 bridgehead atoms. The Balaban J connectivity index is 1.39. The second kappa shape index (κ2) is 7.46. The quantitative estimate of drug-likeness (QED) is 0.821. The maximum absolute atomic E-state index is 14.1. The summed E-state index contributed by atoms with van der Waals surface area (Å²) < 4.78 is 20.9. The number of amides is 1. The van der Waals surface area contributed by atoms with Crippen molar-refractivity contribution >= 4 is 6.09 Å². The highest BCUT2D eigenvalue weighted by molar-refractivity contribution is 5.69. The lowest BCUT2D eigenvalue weighted by molar-refractivity contribution is 0.0269. The summed E-state index contributed by atoms with van der Waals surface area (Å²) in [7, 11) is 1.65. The predicted octanol–water partition coefficient (Wildman–Crippen LogP) is 1.94. The van der Waals surface area contributed by atoms with Gasteiger partial charge in [-0.1, -0.05) is 0 Å². The van der Waals surface area contributed by atoms with Crippen molar-refractivity contribution in [2.75, 3.05) is 13.1 Å².